The third-order valence-electron chi connectivity index (χ3n) is 12.9. The molecule has 1 saturated carbocycles. The Morgan fingerprint density at radius 2 is 0.588 bits per heavy atom. The summed E-state index contributed by atoms with van der Waals surface area (Å²) in [4.78, 5) is 1.31. The Labute approximate surface area is 477 Å². The Morgan fingerprint density at radius 3 is 0.838 bits per heavy atom. The summed E-state index contributed by atoms with van der Waals surface area (Å²) >= 11 is 0. The summed E-state index contributed by atoms with van der Waals surface area (Å²) in [6, 6.07) is 67.5. The predicted octanol–water partition coefficient (Wildman–Crippen LogP) is 20.7. The third-order valence-corrected chi connectivity index (χ3v) is 20.2. The van der Waals surface area contributed by atoms with E-state index in [4.69, 9.17) is 16.8 Å². The molecule has 2 unspecified atom stereocenters. The van der Waals surface area contributed by atoms with Gasteiger partial charge in [-0.3, -0.25) is 0 Å². The molecule has 12 aromatic rings. The largest absolute Gasteiger partial charge is 0.673 e. The predicted molar refractivity (Wildman–Crippen MR) is 322 cm³/mol. The van der Waals surface area contributed by atoms with E-state index in [1.807, 2.05) is 158 Å². The summed E-state index contributed by atoms with van der Waals surface area (Å²) in [5, 5.41) is 12.7. The van der Waals surface area contributed by atoms with E-state index in [2.05, 4.69) is 82.5 Å². The Balaban J connectivity index is 0.000000157. The van der Waals surface area contributed by atoms with Crippen LogP contribution < -0.4 is 0 Å². The molecule has 8 nitrogen and oxygen atoms in total. The smallest absolute Gasteiger partial charge is 0.418 e. The monoisotopic (exact) mass is 1240 g/mol. The number of rotatable bonds is 4. The molecule has 409 valence electrons. The van der Waals surface area contributed by atoms with Gasteiger partial charge in [0.2, 0.25) is 0 Å². The number of hydrogen-bond donors (Lipinski definition) is 0. The van der Waals surface area contributed by atoms with E-state index in [1.165, 1.54) is 25.7 Å². The van der Waals surface area contributed by atoms with Gasteiger partial charge >= 0.3 is 23.6 Å². The molecule has 1 fully saturated rings. The van der Waals surface area contributed by atoms with E-state index >= 15 is 0 Å². The number of benzene rings is 10. The fraction of sp³-hybridized carbons (Fsp3) is 0.0968. The van der Waals surface area contributed by atoms with Gasteiger partial charge in [0, 0.05) is 63.3 Å². The average molecular weight is 1240 g/mol. The number of hydrogen-bond acceptors (Lipinski definition) is 8. The van der Waals surface area contributed by atoms with Gasteiger partial charge in [0.1, 0.15) is 22.3 Å². The van der Waals surface area contributed by atoms with Crippen molar-refractivity contribution in [2.45, 2.75) is 35.5 Å². The van der Waals surface area contributed by atoms with Crippen molar-refractivity contribution in [3.63, 3.8) is 0 Å². The van der Waals surface area contributed by atoms with Gasteiger partial charge in [-0.05, 0) is 143 Å². The van der Waals surface area contributed by atoms with E-state index in [9.17, 15) is 25.7 Å². The zero-order chi connectivity index (χ0) is 55.0. The van der Waals surface area contributed by atoms with Crippen LogP contribution in [0.15, 0.2) is 241 Å². The van der Waals surface area contributed by atoms with Crippen molar-refractivity contribution in [1.82, 2.24) is 0 Å². The molecule has 0 N–H and O–H groups in total. The Kier molecular flexibility index (Phi) is 18.8. The molecule has 2 aromatic heterocycles. The first kappa shape index (κ1) is 58.0. The third kappa shape index (κ3) is 13.9. The fourth-order valence-electron chi connectivity index (χ4n) is 9.33. The van der Waals surface area contributed by atoms with E-state index in [1.54, 1.807) is 12.5 Å². The number of fused-ring (bicyclic) bond motifs is 14. The second kappa shape index (κ2) is 25.9. The van der Waals surface area contributed by atoms with Crippen LogP contribution >= 0.6 is 16.3 Å². The molecule has 1 aliphatic rings. The van der Waals surface area contributed by atoms with E-state index in [-0.39, 0.29) is 19.5 Å². The van der Waals surface area contributed by atoms with Crippen molar-refractivity contribution in [3.8, 4) is 0 Å². The fourth-order valence-corrected chi connectivity index (χ4v) is 15.3. The number of nitrogens with zero attached hydrogens (tertiary/aromatic N) is 2. The molecule has 0 aliphatic heterocycles. The summed E-state index contributed by atoms with van der Waals surface area (Å²) in [5.74, 6) is 0. The van der Waals surface area contributed by atoms with E-state index in [0.717, 1.165) is 64.6 Å². The summed E-state index contributed by atoms with van der Waals surface area (Å²) < 4.78 is 101. The van der Waals surface area contributed by atoms with Gasteiger partial charge in [-0.2, -0.15) is 0 Å². The molecule has 13 rings (SSSR count). The van der Waals surface area contributed by atoms with Crippen LogP contribution in [0.1, 0.15) is 25.7 Å². The minimum absolute atomic E-state index is 0. The molecule has 0 saturated heterocycles. The SMILES string of the molecule is CS(=O)(=Np1oc2ccc3ccccc3c2c2c(ccc3ccccc32)o1)c1ccccc1.CS(=O)(=Np1oc2ccc3ccccc3c2c2c(ccc3ccccc32)o1)c1ccccc1.F[B-](F)(F)F.[CH]1[CH]CC[CH][CH]CC1.[Rh]. The van der Waals surface area contributed by atoms with Crippen molar-refractivity contribution < 1.29 is 61.9 Å². The molecule has 80 heavy (non-hydrogen) atoms. The zero-order valence-corrected chi connectivity index (χ0v) is 48.3. The molecule has 5 radical (unpaired) electrons. The van der Waals surface area contributed by atoms with Gasteiger partial charge in [0.05, 0.1) is 19.5 Å². The molecule has 0 amide bonds. The average Bonchev–Trinajstić information content (AvgIpc) is 3.74. The second-order valence-electron chi connectivity index (χ2n) is 18.5. The van der Waals surface area contributed by atoms with Crippen LogP contribution in [0.3, 0.4) is 0 Å². The molecule has 1 aliphatic carbocycles. The molecular weight excluding hydrogens is 1180 g/mol. The normalized spacial score (nSPS) is 14.2. The maximum atomic E-state index is 13.5. The molecule has 0 bridgehead atoms. The van der Waals surface area contributed by atoms with Crippen LogP contribution in [0.2, 0.25) is 0 Å². The van der Waals surface area contributed by atoms with Gasteiger partial charge < -0.3 is 34.0 Å². The van der Waals surface area contributed by atoms with Crippen LogP contribution in [0.25, 0.3) is 87.0 Å². The zero-order valence-electron chi connectivity index (χ0n) is 43.2. The number of halogens is 4. The van der Waals surface area contributed by atoms with Crippen molar-refractivity contribution >= 4 is 130 Å². The van der Waals surface area contributed by atoms with Gasteiger partial charge in [-0.1, -0.05) is 158 Å². The van der Waals surface area contributed by atoms with E-state index in [0.29, 0.717) is 32.1 Å². The minimum atomic E-state index is -6.00. The Bertz CT molecular complexity index is 4020. The Hall–Kier alpha value is -6.65. The van der Waals surface area contributed by atoms with Gasteiger partial charge in [0.15, 0.2) is 0 Å². The molecule has 18 heteroatoms. The van der Waals surface area contributed by atoms with Crippen LogP contribution in [-0.2, 0) is 38.9 Å². The van der Waals surface area contributed by atoms with Crippen LogP contribution in [0, 0.1) is 25.7 Å². The van der Waals surface area contributed by atoms with Gasteiger partial charge in [0.25, 0.3) is 0 Å². The summed E-state index contributed by atoms with van der Waals surface area (Å²) in [5.41, 5.74) is 2.73. The first-order chi connectivity index (χ1) is 38.2. The first-order valence-corrected chi connectivity index (χ1v) is 31.4. The summed E-state index contributed by atoms with van der Waals surface area (Å²) in [6.45, 7) is 0. The second-order valence-corrected chi connectivity index (χ2v) is 25.6. The molecule has 0 spiro atoms. The van der Waals surface area contributed by atoms with Crippen molar-refractivity contribution in [1.29, 1.82) is 0 Å². The van der Waals surface area contributed by atoms with Crippen LogP contribution in [-0.4, -0.2) is 28.2 Å². The quantitative estimate of drug-likeness (QED) is 0.128. The molecule has 2 heterocycles. The minimum Gasteiger partial charge on any atom is -0.418 e. The maximum Gasteiger partial charge on any atom is 0.673 e. The van der Waals surface area contributed by atoms with Crippen molar-refractivity contribution in [2.24, 2.45) is 8.27 Å². The topological polar surface area (TPSA) is 111 Å². The molecule has 10 aromatic carbocycles. The van der Waals surface area contributed by atoms with Crippen LogP contribution in [0.4, 0.5) is 17.3 Å². The van der Waals surface area contributed by atoms with Crippen molar-refractivity contribution in [2.75, 3.05) is 12.5 Å². The van der Waals surface area contributed by atoms with Crippen molar-refractivity contribution in [3.05, 3.63) is 232 Å². The summed E-state index contributed by atoms with van der Waals surface area (Å²) in [7, 11) is -15.1. The maximum absolute atomic E-state index is 13.5. The first-order valence-electron chi connectivity index (χ1n) is 25.3. The van der Waals surface area contributed by atoms with Crippen LogP contribution in [0.5, 0.6) is 0 Å². The van der Waals surface area contributed by atoms with Gasteiger partial charge in [-0.25, -0.2) is 8.42 Å². The molecule has 2 atom stereocenters. The summed E-state index contributed by atoms with van der Waals surface area (Å²) in [6.07, 6.45) is 17.3. The van der Waals surface area contributed by atoms with Gasteiger partial charge in [-0.15, -0.1) is 8.27 Å². The van der Waals surface area contributed by atoms with E-state index < -0.39 is 43.0 Å². The standard InChI is InChI=1S/2C27H20NO3PS.C8H12.BF4.Rh/c2*1-33(29,21-11-3-2-4-12-21)28-32-30-24-17-15-19-9-5-7-13-22(19)26(24)27-23-14-8-6-10-20(23)16-18-25(27)31-32;1-2-4-6-8-7-5-3-1;2-1(3,4)5;/h2*2-18H,1H3;1-2,7-8H,3-6H2;;/q;;;-1;. The molecular formula is C62H52BF4N2O6P2RhS2-. The Morgan fingerprint density at radius 1 is 0.362 bits per heavy atom.